The van der Waals surface area contributed by atoms with Gasteiger partial charge in [0, 0.05) is 31.7 Å². The summed E-state index contributed by atoms with van der Waals surface area (Å²) in [6.45, 7) is 7.61. The van der Waals surface area contributed by atoms with E-state index in [1.165, 1.54) is 12.8 Å². The third-order valence-electron chi connectivity index (χ3n) is 4.61. The molecule has 1 amide bonds. The van der Waals surface area contributed by atoms with E-state index in [0.717, 1.165) is 25.5 Å². The normalized spacial score (nSPS) is 24.8. The lowest BCUT2D eigenvalue weighted by Crippen LogP contribution is -2.52. The first-order valence-electron chi connectivity index (χ1n) is 7.93. The molecule has 3 rings (SSSR count). The average Bonchev–Trinajstić information content (AvgIpc) is 3.21. The Kier molecular flexibility index (Phi) is 4.26. The minimum Gasteiger partial charge on any atom is -0.314 e. The lowest BCUT2D eigenvalue weighted by atomic mass is 10.2. The summed E-state index contributed by atoms with van der Waals surface area (Å²) in [5.74, 6) is 1.59. The zero-order chi connectivity index (χ0) is 14.8. The maximum atomic E-state index is 12.3. The van der Waals surface area contributed by atoms with Gasteiger partial charge in [-0.1, -0.05) is 0 Å². The number of nitrogens with one attached hydrogen (secondary N) is 2. The molecule has 1 saturated heterocycles. The van der Waals surface area contributed by atoms with E-state index in [4.69, 9.17) is 0 Å². The number of rotatable bonds is 5. The van der Waals surface area contributed by atoms with E-state index in [1.807, 2.05) is 10.7 Å². The van der Waals surface area contributed by atoms with E-state index in [0.29, 0.717) is 24.5 Å². The van der Waals surface area contributed by atoms with Crippen LogP contribution in [0.15, 0.2) is 12.3 Å². The van der Waals surface area contributed by atoms with Crippen molar-refractivity contribution in [3.63, 3.8) is 0 Å². The molecule has 2 aliphatic rings. The fourth-order valence-electron chi connectivity index (χ4n) is 3.00. The Labute approximate surface area is 125 Å². The van der Waals surface area contributed by atoms with Crippen molar-refractivity contribution >= 4 is 11.7 Å². The maximum absolute atomic E-state index is 12.3. The Morgan fingerprint density at radius 2 is 2.38 bits per heavy atom. The van der Waals surface area contributed by atoms with Crippen molar-refractivity contribution in [3.05, 3.63) is 12.3 Å². The third kappa shape index (κ3) is 3.44. The summed E-state index contributed by atoms with van der Waals surface area (Å²) in [7, 11) is 0. The van der Waals surface area contributed by atoms with Crippen molar-refractivity contribution < 1.29 is 4.79 Å². The quantitative estimate of drug-likeness (QED) is 0.852. The van der Waals surface area contributed by atoms with Crippen LogP contribution in [-0.4, -0.2) is 52.8 Å². The number of hydrogen-bond acceptors (Lipinski definition) is 4. The standard InChI is InChI=1S/C15H25N5O/c1-11-9-16-7-8-19(11)10-15(21)18-14-5-6-17-20(14)12(2)13-3-4-13/h5-6,11-13,16H,3-4,7-10H2,1-2H3,(H,18,21)/t11-,12?/m1/s1. The van der Waals surface area contributed by atoms with Crippen molar-refractivity contribution in [1.29, 1.82) is 0 Å². The Bertz CT molecular complexity index is 496. The number of nitrogens with zero attached hydrogens (tertiary/aromatic N) is 3. The van der Waals surface area contributed by atoms with Gasteiger partial charge >= 0.3 is 0 Å². The second kappa shape index (κ2) is 6.15. The molecule has 1 unspecified atom stereocenters. The Morgan fingerprint density at radius 3 is 3.10 bits per heavy atom. The van der Waals surface area contributed by atoms with Gasteiger partial charge in [-0.25, -0.2) is 4.68 Å². The largest absolute Gasteiger partial charge is 0.314 e. The number of hydrogen-bond donors (Lipinski definition) is 2. The molecule has 1 aromatic heterocycles. The van der Waals surface area contributed by atoms with Crippen LogP contribution in [0.1, 0.15) is 32.7 Å². The van der Waals surface area contributed by atoms with E-state index in [2.05, 4.69) is 34.5 Å². The zero-order valence-corrected chi connectivity index (χ0v) is 12.9. The van der Waals surface area contributed by atoms with Crippen molar-refractivity contribution in [3.8, 4) is 0 Å². The van der Waals surface area contributed by atoms with Gasteiger partial charge in [-0.3, -0.25) is 9.69 Å². The summed E-state index contributed by atoms with van der Waals surface area (Å²) in [5, 5.41) is 10.7. The van der Waals surface area contributed by atoms with Gasteiger partial charge < -0.3 is 10.6 Å². The first-order valence-corrected chi connectivity index (χ1v) is 7.93. The third-order valence-corrected chi connectivity index (χ3v) is 4.61. The number of aromatic nitrogens is 2. The molecular formula is C15H25N5O. The minimum absolute atomic E-state index is 0.0495. The second-order valence-corrected chi connectivity index (χ2v) is 6.31. The monoisotopic (exact) mass is 291 g/mol. The molecule has 1 saturated carbocycles. The first-order chi connectivity index (χ1) is 10.1. The highest BCUT2D eigenvalue weighted by atomic mass is 16.2. The second-order valence-electron chi connectivity index (χ2n) is 6.31. The summed E-state index contributed by atoms with van der Waals surface area (Å²) in [4.78, 5) is 14.5. The molecule has 116 valence electrons. The molecule has 1 aromatic rings. The van der Waals surface area contributed by atoms with Gasteiger partial charge in [-0.15, -0.1) is 0 Å². The topological polar surface area (TPSA) is 62.2 Å². The molecule has 2 atom stereocenters. The zero-order valence-electron chi connectivity index (χ0n) is 12.9. The highest BCUT2D eigenvalue weighted by Crippen LogP contribution is 2.40. The molecule has 6 nitrogen and oxygen atoms in total. The first kappa shape index (κ1) is 14.5. The molecule has 2 heterocycles. The molecular weight excluding hydrogens is 266 g/mol. The lowest BCUT2D eigenvalue weighted by Gasteiger charge is -2.33. The predicted molar refractivity (Wildman–Crippen MR) is 82.2 cm³/mol. The fourth-order valence-corrected chi connectivity index (χ4v) is 3.00. The molecule has 1 aliphatic heterocycles. The number of amides is 1. The van der Waals surface area contributed by atoms with Crippen LogP contribution in [0.25, 0.3) is 0 Å². The highest BCUT2D eigenvalue weighted by Gasteiger charge is 2.31. The van der Waals surface area contributed by atoms with Crippen LogP contribution in [-0.2, 0) is 4.79 Å². The summed E-state index contributed by atoms with van der Waals surface area (Å²) < 4.78 is 1.96. The summed E-state index contributed by atoms with van der Waals surface area (Å²) in [5.41, 5.74) is 0. The number of carbonyl (C=O) groups is 1. The number of carbonyl (C=O) groups excluding carboxylic acids is 1. The Hall–Kier alpha value is -1.40. The summed E-state index contributed by atoms with van der Waals surface area (Å²) >= 11 is 0. The van der Waals surface area contributed by atoms with E-state index < -0.39 is 0 Å². The summed E-state index contributed by atoms with van der Waals surface area (Å²) in [6, 6.07) is 2.66. The van der Waals surface area contributed by atoms with Crippen LogP contribution in [0.2, 0.25) is 0 Å². The molecule has 21 heavy (non-hydrogen) atoms. The minimum atomic E-state index is 0.0495. The van der Waals surface area contributed by atoms with Crippen molar-refractivity contribution in [2.45, 2.75) is 38.8 Å². The van der Waals surface area contributed by atoms with Crippen molar-refractivity contribution in [2.24, 2.45) is 5.92 Å². The maximum Gasteiger partial charge on any atom is 0.239 e. The molecule has 6 heteroatoms. The van der Waals surface area contributed by atoms with Gasteiger partial charge in [-0.05, 0) is 32.6 Å². The fraction of sp³-hybridized carbons (Fsp3) is 0.733. The van der Waals surface area contributed by atoms with Crippen molar-refractivity contribution in [2.75, 3.05) is 31.5 Å². The number of piperazine rings is 1. The molecule has 2 fully saturated rings. The molecule has 2 N–H and O–H groups in total. The average molecular weight is 291 g/mol. The van der Waals surface area contributed by atoms with Crippen LogP contribution in [0.5, 0.6) is 0 Å². The number of anilines is 1. The van der Waals surface area contributed by atoms with Gasteiger partial charge in [0.15, 0.2) is 0 Å². The van der Waals surface area contributed by atoms with Gasteiger partial charge in [0.25, 0.3) is 0 Å². The van der Waals surface area contributed by atoms with Crippen LogP contribution in [0.4, 0.5) is 5.82 Å². The van der Waals surface area contributed by atoms with Gasteiger partial charge in [0.1, 0.15) is 5.82 Å². The Morgan fingerprint density at radius 1 is 1.57 bits per heavy atom. The van der Waals surface area contributed by atoms with Gasteiger partial charge in [0.05, 0.1) is 18.8 Å². The molecule has 0 spiro atoms. The van der Waals surface area contributed by atoms with Crippen LogP contribution < -0.4 is 10.6 Å². The van der Waals surface area contributed by atoms with E-state index in [9.17, 15) is 4.79 Å². The van der Waals surface area contributed by atoms with Crippen LogP contribution in [0, 0.1) is 5.92 Å². The predicted octanol–water partition coefficient (Wildman–Crippen LogP) is 1.09. The molecule has 0 aromatic carbocycles. The van der Waals surface area contributed by atoms with E-state index in [1.54, 1.807) is 6.20 Å². The van der Waals surface area contributed by atoms with Crippen LogP contribution >= 0.6 is 0 Å². The van der Waals surface area contributed by atoms with Gasteiger partial charge in [0.2, 0.25) is 5.91 Å². The van der Waals surface area contributed by atoms with Gasteiger partial charge in [-0.2, -0.15) is 5.10 Å². The molecule has 1 aliphatic carbocycles. The van der Waals surface area contributed by atoms with E-state index >= 15 is 0 Å². The molecule has 0 bridgehead atoms. The SMILES string of the molecule is CC(C1CC1)n1nccc1NC(=O)CN1CCNC[C@H]1C. The Balaban J connectivity index is 1.58. The molecule has 0 radical (unpaired) electrons. The summed E-state index contributed by atoms with van der Waals surface area (Å²) in [6.07, 6.45) is 4.31. The van der Waals surface area contributed by atoms with Crippen molar-refractivity contribution in [1.82, 2.24) is 20.0 Å². The highest BCUT2D eigenvalue weighted by molar-refractivity contribution is 5.91. The smallest absolute Gasteiger partial charge is 0.239 e. The lowest BCUT2D eigenvalue weighted by molar-refractivity contribution is -0.118. The van der Waals surface area contributed by atoms with E-state index in [-0.39, 0.29) is 5.91 Å². The van der Waals surface area contributed by atoms with Crippen LogP contribution in [0.3, 0.4) is 0 Å².